The van der Waals surface area contributed by atoms with Gasteiger partial charge in [-0.3, -0.25) is 19.6 Å². The van der Waals surface area contributed by atoms with Crippen molar-refractivity contribution >= 4 is 17.3 Å². The molecule has 2 aromatic carbocycles. The summed E-state index contributed by atoms with van der Waals surface area (Å²) in [6, 6.07) is 12.3. The van der Waals surface area contributed by atoms with Gasteiger partial charge in [0.1, 0.15) is 29.5 Å². The summed E-state index contributed by atoms with van der Waals surface area (Å²) < 4.78 is 20.3. The van der Waals surface area contributed by atoms with E-state index < -0.39 is 16.6 Å². The molecule has 0 saturated heterocycles. The van der Waals surface area contributed by atoms with Gasteiger partial charge in [-0.25, -0.2) is 4.39 Å². The molecule has 0 fully saturated rings. The van der Waals surface area contributed by atoms with Crippen molar-refractivity contribution in [3.63, 3.8) is 0 Å². The molecule has 0 saturated carbocycles. The van der Waals surface area contributed by atoms with Crippen LogP contribution in [0.4, 0.5) is 15.8 Å². The Kier molecular flexibility index (Phi) is 5.35. The van der Waals surface area contributed by atoms with E-state index in [0.717, 1.165) is 0 Å². The molecule has 3 rings (SSSR count). The third-order valence-electron chi connectivity index (χ3n) is 4.00. The molecule has 8 nitrogen and oxygen atoms in total. The Morgan fingerprint density at radius 3 is 2.68 bits per heavy atom. The Morgan fingerprint density at radius 2 is 2.00 bits per heavy atom. The van der Waals surface area contributed by atoms with Gasteiger partial charge in [-0.1, -0.05) is 18.2 Å². The van der Waals surface area contributed by atoms with Crippen LogP contribution in [-0.2, 0) is 11.3 Å². The number of nitro groups is 1. The summed E-state index contributed by atoms with van der Waals surface area (Å²) in [4.78, 5) is 23.0. The first-order chi connectivity index (χ1) is 13.3. The zero-order valence-electron chi connectivity index (χ0n) is 15.2. The number of aryl methyl sites for hydroxylation is 1. The highest BCUT2D eigenvalue weighted by molar-refractivity contribution is 5.92. The van der Waals surface area contributed by atoms with Crippen molar-refractivity contribution < 1.29 is 18.8 Å². The number of hydrogen-bond donors (Lipinski definition) is 1. The average molecular weight is 384 g/mol. The number of aromatic nitrogens is 2. The van der Waals surface area contributed by atoms with Gasteiger partial charge in [0, 0.05) is 6.07 Å². The lowest BCUT2D eigenvalue weighted by molar-refractivity contribution is -0.386. The molecular weight excluding hydrogens is 367 g/mol. The fourth-order valence-corrected chi connectivity index (χ4v) is 2.75. The topological polar surface area (TPSA) is 99.3 Å². The first-order valence-electron chi connectivity index (χ1n) is 8.36. The minimum Gasteiger partial charge on any atom is -0.455 e. The van der Waals surface area contributed by atoms with Crippen LogP contribution in [0.5, 0.6) is 11.5 Å². The van der Waals surface area contributed by atoms with Gasteiger partial charge in [0.05, 0.1) is 10.6 Å². The molecule has 1 heterocycles. The van der Waals surface area contributed by atoms with E-state index in [4.69, 9.17) is 4.74 Å². The highest BCUT2D eigenvalue weighted by atomic mass is 19.1. The van der Waals surface area contributed by atoms with Gasteiger partial charge in [0.25, 0.3) is 0 Å². The number of benzene rings is 2. The first kappa shape index (κ1) is 19.0. The summed E-state index contributed by atoms with van der Waals surface area (Å²) in [7, 11) is 0. The smallest absolute Gasteiger partial charge is 0.312 e. The van der Waals surface area contributed by atoms with Crippen molar-refractivity contribution in [2.45, 2.75) is 20.4 Å². The molecule has 1 amide bonds. The van der Waals surface area contributed by atoms with Gasteiger partial charge in [-0.15, -0.1) is 0 Å². The van der Waals surface area contributed by atoms with E-state index in [1.807, 2.05) is 0 Å². The molecule has 1 aromatic heterocycles. The number of nitrogens with zero attached hydrogens (tertiary/aromatic N) is 3. The van der Waals surface area contributed by atoms with Gasteiger partial charge in [-0.05, 0) is 38.1 Å². The second kappa shape index (κ2) is 7.87. The van der Waals surface area contributed by atoms with E-state index >= 15 is 0 Å². The Hall–Kier alpha value is -3.75. The Labute approximate surface area is 159 Å². The summed E-state index contributed by atoms with van der Waals surface area (Å²) in [5.41, 5.74) is 0.808. The molecule has 0 unspecified atom stereocenters. The van der Waals surface area contributed by atoms with Crippen LogP contribution in [0.3, 0.4) is 0 Å². The molecule has 0 aliphatic rings. The SMILES string of the molecule is Cc1nn(CC(=O)Nc2ccccc2Oc2cccc(F)c2)c(C)c1[N+](=O)[O-]. The monoisotopic (exact) mass is 384 g/mol. The molecular formula is C19H17FN4O4. The number of rotatable bonds is 6. The molecule has 0 atom stereocenters. The molecule has 9 heteroatoms. The van der Waals surface area contributed by atoms with Crippen molar-refractivity contribution in [3.05, 3.63) is 75.9 Å². The highest BCUT2D eigenvalue weighted by Gasteiger charge is 2.23. The van der Waals surface area contributed by atoms with Gasteiger partial charge in [0.2, 0.25) is 5.91 Å². The number of anilines is 1. The normalized spacial score (nSPS) is 10.5. The van der Waals surface area contributed by atoms with E-state index in [0.29, 0.717) is 17.1 Å². The molecule has 28 heavy (non-hydrogen) atoms. The number of amides is 1. The third-order valence-corrected chi connectivity index (χ3v) is 4.00. The fraction of sp³-hybridized carbons (Fsp3) is 0.158. The minimum atomic E-state index is -0.520. The third kappa shape index (κ3) is 4.14. The number of halogens is 1. The van der Waals surface area contributed by atoms with Crippen LogP contribution >= 0.6 is 0 Å². The average Bonchev–Trinajstić information content (AvgIpc) is 2.90. The molecule has 3 aromatic rings. The van der Waals surface area contributed by atoms with Gasteiger partial charge in [-0.2, -0.15) is 5.10 Å². The largest absolute Gasteiger partial charge is 0.455 e. The molecule has 0 radical (unpaired) electrons. The molecule has 1 N–H and O–H groups in total. The number of nitrogens with one attached hydrogen (secondary N) is 1. The maximum Gasteiger partial charge on any atom is 0.312 e. The number of carbonyl (C=O) groups is 1. The number of carbonyl (C=O) groups excluding carboxylic acids is 1. The Balaban J connectivity index is 1.76. The van der Waals surface area contributed by atoms with E-state index in [2.05, 4.69) is 10.4 Å². The van der Waals surface area contributed by atoms with E-state index in [-0.39, 0.29) is 23.7 Å². The standard InChI is InChI=1S/C19H17FN4O4/c1-12-19(24(26)27)13(2)23(22-12)11-18(25)21-16-8-3-4-9-17(16)28-15-7-5-6-14(20)10-15/h3-10H,11H2,1-2H3,(H,21,25). The van der Waals surface area contributed by atoms with Crippen LogP contribution in [0.2, 0.25) is 0 Å². The Morgan fingerprint density at radius 1 is 1.25 bits per heavy atom. The zero-order valence-corrected chi connectivity index (χ0v) is 15.2. The van der Waals surface area contributed by atoms with Crippen LogP contribution in [0, 0.1) is 29.8 Å². The second-order valence-corrected chi connectivity index (χ2v) is 6.04. The number of para-hydroxylation sites is 2. The predicted molar refractivity (Wildman–Crippen MR) is 99.9 cm³/mol. The predicted octanol–water partition coefficient (Wildman–Crippen LogP) is 3.98. The molecule has 0 spiro atoms. The summed E-state index contributed by atoms with van der Waals surface area (Å²) in [5.74, 6) is -0.252. The van der Waals surface area contributed by atoms with Crippen LogP contribution in [0.25, 0.3) is 0 Å². The molecule has 0 bridgehead atoms. The minimum absolute atomic E-state index is 0.109. The number of ether oxygens (including phenoxy) is 1. The number of hydrogen-bond acceptors (Lipinski definition) is 5. The van der Waals surface area contributed by atoms with Crippen LogP contribution in [0.15, 0.2) is 48.5 Å². The van der Waals surface area contributed by atoms with Crippen LogP contribution in [-0.4, -0.2) is 20.6 Å². The fourth-order valence-electron chi connectivity index (χ4n) is 2.75. The summed E-state index contributed by atoms with van der Waals surface area (Å²) in [5, 5.41) is 17.8. The summed E-state index contributed by atoms with van der Waals surface area (Å²) in [6.45, 7) is 2.85. The summed E-state index contributed by atoms with van der Waals surface area (Å²) in [6.07, 6.45) is 0. The van der Waals surface area contributed by atoms with Gasteiger partial charge < -0.3 is 10.1 Å². The molecule has 0 aliphatic carbocycles. The van der Waals surface area contributed by atoms with Gasteiger partial charge in [0.15, 0.2) is 5.75 Å². The van der Waals surface area contributed by atoms with Crippen LogP contribution in [0.1, 0.15) is 11.4 Å². The quantitative estimate of drug-likeness (QED) is 0.512. The maximum absolute atomic E-state index is 13.3. The van der Waals surface area contributed by atoms with Crippen LogP contribution < -0.4 is 10.1 Å². The molecule has 0 aliphatic heterocycles. The van der Waals surface area contributed by atoms with E-state index in [1.54, 1.807) is 30.3 Å². The summed E-state index contributed by atoms with van der Waals surface area (Å²) >= 11 is 0. The van der Waals surface area contributed by atoms with Crippen molar-refractivity contribution in [2.75, 3.05) is 5.32 Å². The zero-order chi connectivity index (χ0) is 20.3. The molecule has 144 valence electrons. The lowest BCUT2D eigenvalue weighted by atomic mass is 10.2. The lowest BCUT2D eigenvalue weighted by Crippen LogP contribution is -2.20. The first-order valence-corrected chi connectivity index (χ1v) is 8.36. The van der Waals surface area contributed by atoms with Crippen molar-refractivity contribution in [3.8, 4) is 11.5 Å². The van der Waals surface area contributed by atoms with Crippen molar-refractivity contribution in [1.82, 2.24) is 9.78 Å². The van der Waals surface area contributed by atoms with Crippen molar-refractivity contribution in [1.29, 1.82) is 0 Å². The Bertz CT molecular complexity index is 1050. The maximum atomic E-state index is 13.3. The van der Waals surface area contributed by atoms with E-state index in [1.165, 1.54) is 36.7 Å². The van der Waals surface area contributed by atoms with Crippen molar-refractivity contribution in [2.24, 2.45) is 0 Å². The van der Waals surface area contributed by atoms with E-state index in [9.17, 15) is 19.3 Å². The second-order valence-electron chi connectivity index (χ2n) is 6.04. The van der Waals surface area contributed by atoms with Gasteiger partial charge >= 0.3 is 5.69 Å². The lowest BCUT2D eigenvalue weighted by Gasteiger charge is -2.12. The highest BCUT2D eigenvalue weighted by Crippen LogP contribution is 2.29.